The van der Waals surface area contributed by atoms with Crippen LogP contribution in [0.25, 0.3) is 0 Å². The number of imide groups is 1. The van der Waals surface area contributed by atoms with Crippen LogP contribution in [0.1, 0.15) is 29.9 Å². The highest BCUT2D eigenvalue weighted by molar-refractivity contribution is 6.07. The Morgan fingerprint density at radius 3 is 2.52 bits per heavy atom. The van der Waals surface area contributed by atoms with Crippen LogP contribution < -0.4 is 0 Å². The molecule has 0 saturated carbocycles. The van der Waals surface area contributed by atoms with E-state index in [0.29, 0.717) is 39.0 Å². The van der Waals surface area contributed by atoms with Crippen molar-refractivity contribution in [3.63, 3.8) is 0 Å². The Morgan fingerprint density at radius 1 is 1.13 bits per heavy atom. The minimum atomic E-state index is -0.762. The average molecular weight is 426 g/mol. The van der Waals surface area contributed by atoms with Crippen LogP contribution in [-0.2, 0) is 22.5 Å². The van der Waals surface area contributed by atoms with E-state index in [-0.39, 0.29) is 11.9 Å². The van der Waals surface area contributed by atoms with Crippen molar-refractivity contribution in [2.45, 2.75) is 38.3 Å². The molecule has 0 radical (unpaired) electrons. The average Bonchev–Trinajstić information content (AvgIpc) is 3.27. The summed E-state index contributed by atoms with van der Waals surface area (Å²) in [6.07, 6.45) is 3.75. The Balaban J connectivity index is 1.46. The number of imidazole rings is 1. The molecule has 2 fully saturated rings. The summed E-state index contributed by atoms with van der Waals surface area (Å²) < 4.78 is 5.24. The van der Waals surface area contributed by atoms with E-state index in [9.17, 15) is 9.59 Å². The Kier molecular flexibility index (Phi) is 6.38. The molecule has 8 nitrogen and oxygen atoms in total. The first kappa shape index (κ1) is 21.5. The van der Waals surface area contributed by atoms with Crippen LogP contribution >= 0.6 is 0 Å². The highest BCUT2D eigenvalue weighted by Gasteiger charge is 2.57. The van der Waals surface area contributed by atoms with Gasteiger partial charge >= 0.3 is 6.03 Å². The van der Waals surface area contributed by atoms with Crippen LogP contribution in [0.5, 0.6) is 0 Å². The maximum atomic E-state index is 13.5. The van der Waals surface area contributed by atoms with Crippen molar-refractivity contribution in [1.29, 1.82) is 0 Å². The van der Waals surface area contributed by atoms with Crippen LogP contribution in [0.3, 0.4) is 0 Å². The van der Waals surface area contributed by atoms with Crippen molar-refractivity contribution in [1.82, 2.24) is 24.7 Å². The van der Waals surface area contributed by atoms with Crippen molar-refractivity contribution in [3.05, 3.63) is 53.6 Å². The van der Waals surface area contributed by atoms with Gasteiger partial charge in [0.15, 0.2) is 0 Å². The lowest BCUT2D eigenvalue weighted by Gasteiger charge is -2.42. The fraction of sp³-hybridized carbons (Fsp3) is 0.522. The van der Waals surface area contributed by atoms with Crippen LogP contribution in [0, 0.1) is 6.92 Å². The van der Waals surface area contributed by atoms with Crippen molar-refractivity contribution in [3.8, 4) is 0 Å². The molecule has 1 aromatic carbocycles. The summed E-state index contributed by atoms with van der Waals surface area (Å²) in [6.45, 7) is 5.46. The number of piperidine rings is 1. The molecule has 1 spiro atoms. The van der Waals surface area contributed by atoms with E-state index in [4.69, 9.17) is 4.74 Å². The number of amides is 3. The molecule has 0 unspecified atom stereocenters. The smallest absolute Gasteiger partial charge is 0.327 e. The fourth-order valence-corrected chi connectivity index (χ4v) is 4.68. The van der Waals surface area contributed by atoms with Gasteiger partial charge in [0.05, 0.1) is 13.2 Å². The molecular weight excluding hydrogens is 394 g/mol. The van der Waals surface area contributed by atoms with E-state index in [1.54, 1.807) is 12.0 Å². The van der Waals surface area contributed by atoms with Gasteiger partial charge in [-0.25, -0.2) is 9.78 Å². The van der Waals surface area contributed by atoms with Crippen molar-refractivity contribution >= 4 is 11.9 Å². The third-order valence-corrected chi connectivity index (χ3v) is 6.42. The molecule has 8 heteroatoms. The highest BCUT2D eigenvalue weighted by Crippen LogP contribution is 2.37. The number of hydrogen-bond acceptors (Lipinski definition) is 5. The van der Waals surface area contributed by atoms with Gasteiger partial charge in [0.25, 0.3) is 5.91 Å². The van der Waals surface area contributed by atoms with E-state index in [0.717, 1.165) is 36.7 Å². The molecule has 3 amide bonds. The number of urea groups is 1. The van der Waals surface area contributed by atoms with Gasteiger partial charge in [0.2, 0.25) is 0 Å². The summed E-state index contributed by atoms with van der Waals surface area (Å²) in [7, 11) is 1.62. The van der Waals surface area contributed by atoms with Crippen molar-refractivity contribution < 1.29 is 14.3 Å². The summed E-state index contributed by atoms with van der Waals surface area (Å²) >= 11 is 0. The van der Waals surface area contributed by atoms with Gasteiger partial charge in [-0.15, -0.1) is 0 Å². The summed E-state index contributed by atoms with van der Waals surface area (Å²) in [5.41, 5.74) is 1.40. The first-order chi connectivity index (χ1) is 15.0. The van der Waals surface area contributed by atoms with E-state index in [1.807, 2.05) is 43.5 Å². The second-order valence-corrected chi connectivity index (χ2v) is 8.44. The SMILES string of the molecule is COCCN1C(=O)N(CCc2ccccc2)C(=O)C12CCN(Cc1ncc(C)[nH]1)CC2. The van der Waals surface area contributed by atoms with Gasteiger partial charge in [0.1, 0.15) is 11.4 Å². The predicted octanol–water partition coefficient (Wildman–Crippen LogP) is 2.21. The number of aryl methyl sites for hydroxylation is 1. The number of nitrogens with zero attached hydrogens (tertiary/aromatic N) is 4. The molecule has 0 bridgehead atoms. The maximum Gasteiger partial charge on any atom is 0.327 e. The molecular formula is C23H31N5O3. The third-order valence-electron chi connectivity index (χ3n) is 6.42. The fourth-order valence-electron chi connectivity index (χ4n) is 4.68. The number of aromatic nitrogens is 2. The third kappa shape index (κ3) is 4.36. The van der Waals surface area contributed by atoms with Gasteiger partial charge in [-0.05, 0) is 31.7 Å². The number of benzene rings is 1. The molecule has 2 aliphatic heterocycles. The minimum Gasteiger partial charge on any atom is -0.383 e. The van der Waals surface area contributed by atoms with Gasteiger partial charge in [-0.2, -0.15) is 0 Å². The lowest BCUT2D eigenvalue weighted by atomic mass is 9.85. The Morgan fingerprint density at radius 2 is 1.87 bits per heavy atom. The Hall–Kier alpha value is -2.71. The number of carbonyl (C=O) groups excluding carboxylic acids is 2. The highest BCUT2D eigenvalue weighted by atomic mass is 16.5. The predicted molar refractivity (Wildman–Crippen MR) is 116 cm³/mol. The Bertz CT molecular complexity index is 905. The van der Waals surface area contributed by atoms with Crippen molar-refractivity contribution in [2.75, 3.05) is 39.9 Å². The number of methoxy groups -OCH3 is 1. The second kappa shape index (κ2) is 9.20. The molecule has 3 heterocycles. The van der Waals surface area contributed by atoms with Gasteiger partial charge in [0, 0.05) is 45.2 Å². The second-order valence-electron chi connectivity index (χ2n) is 8.44. The zero-order chi connectivity index (χ0) is 21.8. The topological polar surface area (TPSA) is 81.8 Å². The largest absolute Gasteiger partial charge is 0.383 e. The van der Waals surface area contributed by atoms with Crippen LogP contribution in [-0.4, -0.2) is 82.0 Å². The lowest BCUT2D eigenvalue weighted by Crippen LogP contribution is -2.57. The zero-order valence-corrected chi connectivity index (χ0v) is 18.3. The number of H-pyrrole nitrogens is 1. The number of likely N-dealkylation sites (tertiary alicyclic amines) is 1. The standard InChI is InChI=1S/C23H31N5O3/c1-18-16-24-20(25-18)17-26-12-9-23(10-13-26)21(29)27(22(30)28(23)14-15-31-2)11-8-19-6-4-3-5-7-19/h3-7,16H,8-15,17H2,1-2H3,(H,24,25). The molecule has 2 saturated heterocycles. The summed E-state index contributed by atoms with van der Waals surface area (Å²) in [4.78, 5) is 39.9. The molecule has 4 rings (SSSR count). The van der Waals surface area contributed by atoms with Gasteiger partial charge < -0.3 is 14.6 Å². The summed E-state index contributed by atoms with van der Waals surface area (Å²) in [6, 6.07) is 9.79. The van der Waals surface area contributed by atoms with Gasteiger partial charge in [-0.3, -0.25) is 14.6 Å². The van der Waals surface area contributed by atoms with E-state index in [2.05, 4.69) is 14.9 Å². The normalized spacial score (nSPS) is 19.0. The van der Waals surface area contributed by atoms with Crippen LogP contribution in [0.2, 0.25) is 0 Å². The first-order valence-electron chi connectivity index (χ1n) is 10.9. The number of hydrogen-bond donors (Lipinski definition) is 1. The number of ether oxygens (including phenoxy) is 1. The molecule has 0 aliphatic carbocycles. The molecule has 2 aliphatic rings. The van der Waals surface area contributed by atoms with Crippen molar-refractivity contribution in [2.24, 2.45) is 0 Å². The Labute approximate surface area is 183 Å². The van der Waals surface area contributed by atoms with Gasteiger partial charge in [-0.1, -0.05) is 30.3 Å². The van der Waals surface area contributed by atoms with E-state index >= 15 is 0 Å². The van der Waals surface area contributed by atoms with E-state index in [1.165, 1.54) is 4.90 Å². The molecule has 31 heavy (non-hydrogen) atoms. The molecule has 0 atom stereocenters. The van der Waals surface area contributed by atoms with Crippen LogP contribution in [0.4, 0.5) is 4.79 Å². The summed E-state index contributed by atoms with van der Waals surface area (Å²) in [5, 5.41) is 0. The lowest BCUT2D eigenvalue weighted by molar-refractivity contribution is -0.135. The quantitative estimate of drug-likeness (QED) is 0.656. The first-order valence-corrected chi connectivity index (χ1v) is 10.9. The minimum absolute atomic E-state index is 0.0574. The number of aromatic amines is 1. The van der Waals surface area contributed by atoms with Crippen LogP contribution in [0.15, 0.2) is 36.5 Å². The van der Waals surface area contributed by atoms with E-state index < -0.39 is 5.54 Å². The molecule has 1 aromatic heterocycles. The number of rotatable bonds is 8. The number of nitrogens with one attached hydrogen (secondary N) is 1. The number of carbonyl (C=O) groups is 2. The zero-order valence-electron chi connectivity index (χ0n) is 18.3. The molecule has 1 N–H and O–H groups in total. The molecule has 166 valence electrons. The summed E-state index contributed by atoms with van der Waals surface area (Å²) in [5.74, 6) is 0.876. The maximum absolute atomic E-state index is 13.5. The molecule has 2 aromatic rings. The monoisotopic (exact) mass is 425 g/mol.